The molecule has 0 aromatic heterocycles. The van der Waals surface area contributed by atoms with E-state index in [0.717, 1.165) is 37.8 Å². The number of hydrogen-bond donors (Lipinski definition) is 2. The normalized spacial score (nSPS) is 9.77. The first-order valence-corrected chi connectivity index (χ1v) is 7.39. The average Bonchev–Trinajstić information content (AvgIpc) is 2.52. The Balaban J connectivity index is 0.00000441. The van der Waals surface area contributed by atoms with Crippen molar-refractivity contribution in [3.05, 3.63) is 23.8 Å². The number of nitrogens with one attached hydrogen (secondary N) is 1. The SMILES string of the molecule is COc1cccc(CNC(=O)CCCCCCN)c1OC.Cl. The molecule has 6 heteroatoms. The Labute approximate surface area is 139 Å². The molecule has 0 aliphatic rings. The van der Waals surface area contributed by atoms with Crippen molar-refractivity contribution in [2.45, 2.75) is 38.6 Å². The van der Waals surface area contributed by atoms with Crippen molar-refractivity contribution in [2.75, 3.05) is 20.8 Å². The zero-order valence-corrected chi connectivity index (χ0v) is 14.2. The number of carbonyl (C=O) groups is 1. The lowest BCUT2D eigenvalue weighted by Crippen LogP contribution is -2.22. The minimum absolute atomic E-state index is 0. The summed E-state index contributed by atoms with van der Waals surface area (Å²) in [5.74, 6) is 1.40. The van der Waals surface area contributed by atoms with Crippen LogP contribution < -0.4 is 20.5 Å². The Bertz CT molecular complexity index is 441. The van der Waals surface area contributed by atoms with Gasteiger partial charge in [-0.25, -0.2) is 0 Å². The third kappa shape index (κ3) is 7.00. The molecule has 5 nitrogen and oxygen atoms in total. The van der Waals surface area contributed by atoms with Crippen LogP contribution >= 0.6 is 12.4 Å². The van der Waals surface area contributed by atoms with Crippen molar-refractivity contribution >= 4 is 18.3 Å². The molecule has 0 aliphatic carbocycles. The molecule has 0 aliphatic heterocycles. The molecule has 126 valence electrons. The van der Waals surface area contributed by atoms with Gasteiger partial charge in [-0.3, -0.25) is 4.79 Å². The van der Waals surface area contributed by atoms with Crippen LogP contribution in [0, 0.1) is 0 Å². The van der Waals surface area contributed by atoms with E-state index in [1.165, 1.54) is 0 Å². The third-order valence-corrected chi connectivity index (χ3v) is 3.32. The summed E-state index contributed by atoms with van der Waals surface area (Å²) in [4.78, 5) is 11.8. The average molecular weight is 331 g/mol. The standard InChI is InChI=1S/C16H26N2O3.ClH/c1-20-14-9-7-8-13(16(14)21-2)12-18-15(19)10-5-3-4-6-11-17;/h7-9H,3-6,10-12,17H2,1-2H3,(H,18,19);1H. The first-order chi connectivity index (χ1) is 10.2. The maximum absolute atomic E-state index is 11.8. The number of carbonyl (C=O) groups excluding carboxylic acids is 1. The van der Waals surface area contributed by atoms with E-state index in [-0.39, 0.29) is 18.3 Å². The molecule has 22 heavy (non-hydrogen) atoms. The van der Waals surface area contributed by atoms with E-state index in [1.807, 2.05) is 18.2 Å². The van der Waals surface area contributed by atoms with Gasteiger partial charge < -0.3 is 20.5 Å². The molecule has 3 N–H and O–H groups in total. The third-order valence-electron chi connectivity index (χ3n) is 3.32. The maximum atomic E-state index is 11.8. The molecule has 0 radical (unpaired) electrons. The van der Waals surface area contributed by atoms with Crippen LogP contribution in [0.5, 0.6) is 11.5 Å². The fraction of sp³-hybridized carbons (Fsp3) is 0.562. The second kappa shape index (κ2) is 12.1. The van der Waals surface area contributed by atoms with E-state index in [2.05, 4.69) is 5.32 Å². The van der Waals surface area contributed by atoms with Crippen molar-refractivity contribution in [2.24, 2.45) is 5.73 Å². The van der Waals surface area contributed by atoms with Crippen LogP contribution in [0.25, 0.3) is 0 Å². The lowest BCUT2D eigenvalue weighted by atomic mass is 10.1. The number of amides is 1. The van der Waals surface area contributed by atoms with Crippen molar-refractivity contribution < 1.29 is 14.3 Å². The Kier molecular flexibility index (Phi) is 11.3. The van der Waals surface area contributed by atoms with Crippen LogP contribution in [0.4, 0.5) is 0 Å². The summed E-state index contributed by atoms with van der Waals surface area (Å²) in [6, 6.07) is 5.64. The predicted octanol–water partition coefficient (Wildman–Crippen LogP) is 2.65. The number of ether oxygens (including phenoxy) is 2. The molecule has 0 saturated carbocycles. The lowest BCUT2D eigenvalue weighted by Gasteiger charge is -2.13. The van der Waals surface area contributed by atoms with Gasteiger partial charge in [0.2, 0.25) is 5.91 Å². The number of rotatable bonds is 10. The molecule has 1 rings (SSSR count). The Morgan fingerprint density at radius 3 is 2.50 bits per heavy atom. The second-order valence-electron chi connectivity index (χ2n) is 4.88. The van der Waals surface area contributed by atoms with Gasteiger partial charge in [0.05, 0.1) is 14.2 Å². The minimum Gasteiger partial charge on any atom is -0.493 e. The molecule has 0 saturated heterocycles. The van der Waals surface area contributed by atoms with Gasteiger partial charge in [-0.05, 0) is 25.5 Å². The van der Waals surface area contributed by atoms with Crippen molar-refractivity contribution in [3.8, 4) is 11.5 Å². The molecule has 1 aromatic carbocycles. The lowest BCUT2D eigenvalue weighted by molar-refractivity contribution is -0.121. The van der Waals surface area contributed by atoms with Crippen LogP contribution in [0.3, 0.4) is 0 Å². The summed E-state index contributed by atoms with van der Waals surface area (Å²) in [5, 5.41) is 2.92. The Hall–Kier alpha value is -1.46. The molecule has 0 bridgehead atoms. The highest BCUT2D eigenvalue weighted by molar-refractivity contribution is 5.85. The topological polar surface area (TPSA) is 73.6 Å². The van der Waals surface area contributed by atoms with Crippen LogP contribution in [-0.2, 0) is 11.3 Å². The van der Waals surface area contributed by atoms with E-state index < -0.39 is 0 Å². The first-order valence-electron chi connectivity index (χ1n) is 7.39. The minimum atomic E-state index is 0. The van der Waals surface area contributed by atoms with Crippen molar-refractivity contribution in [3.63, 3.8) is 0 Å². The number of nitrogens with two attached hydrogens (primary N) is 1. The van der Waals surface area contributed by atoms with Crippen molar-refractivity contribution in [1.82, 2.24) is 5.32 Å². The highest BCUT2D eigenvalue weighted by Gasteiger charge is 2.10. The highest BCUT2D eigenvalue weighted by atomic mass is 35.5. The first kappa shape index (κ1) is 20.5. The predicted molar refractivity (Wildman–Crippen MR) is 90.8 cm³/mol. The molecule has 1 aromatic rings. The summed E-state index contributed by atoms with van der Waals surface area (Å²) in [5.41, 5.74) is 6.34. The maximum Gasteiger partial charge on any atom is 0.220 e. The zero-order valence-electron chi connectivity index (χ0n) is 13.4. The molecule has 0 fully saturated rings. The van der Waals surface area contributed by atoms with Crippen molar-refractivity contribution in [1.29, 1.82) is 0 Å². The van der Waals surface area contributed by atoms with Crippen LogP contribution in [0.1, 0.15) is 37.7 Å². The summed E-state index contributed by atoms with van der Waals surface area (Å²) < 4.78 is 10.6. The van der Waals surface area contributed by atoms with Gasteiger partial charge >= 0.3 is 0 Å². The molecule has 0 heterocycles. The number of para-hydroxylation sites is 1. The second-order valence-corrected chi connectivity index (χ2v) is 4.88. The fourth-order valence-corrected chi connectivity index (χ4v) is 2.16. The largest absolute Gasteiger partial charge is 0.493 e. The summed E-state index contributed by atoms with van der Waals surface area (Å²) in [6.45, 7) is 1.17. The molecular formula is C16H27ClN2O3. The van der Waals surface area contributed by atoms with Crippen LogP contribution in [0.2, 0.25) is 0 Å². The van der Waals surface area contributed by atoms with Crippen LogP contribution in [0.15, 0.2) is 18.2 Å². The molecule has 0 unspecified atom stereocenters. The zero-order chi connectivity index (χ0) is 15.5. The molecule has 1 amide bonds. The summed E-state index contributed by atoms with van der Waals surface area (Å²) in [6.07, 6.45) is 4.63. The quantitative estimate of drug-likeness (QED) is 0.647. The number of halogens is 1. The van der Waals surface area contributed by atoms with Crippen LogP contribution in [-0.4, -0.2) is 26.7 Å². The number of methoxy groups -OCH3 is 2. The fourth-order valence-electron chi connectivity index (χ4n) is 2.16. The van der Waals surface area contributed by atoms with Gasteiger partial charge in [0.25, 0.3) is 0 Å². The number of unbranched alkanes of at least 4 members (excludes halogenated alkanes) is 3. The van der Waals surface area contributed by atoms with Gasteiger partial charge in [-0.2, -0.15) is 0 Å². The van der Waals surface area contributed by atoms with E-state index in [0.29, 0.717) is 24.5 Å². The molecule has 0 atom stereocenters. The van der Waals surface area contributed by atoms with Gasteiger partial charge in [-0.15, -0.1) is 12.4 Å². The van der Waals surface area contributed by atoms with Gasteiger partial charge in [0, 0.05) is 18.5 Å². The Morgan fingerprint density at radius 1 is 1.14 bits per heavy atom. The van der Waals surface area contributed by atoms with E-state index in [4.69, 9.17) is 15.2 Å². The Morgan fingerprint density at radius 2 is 1.86 bits per heavy atom. The number of hydrogen-bond acceptors (Lipinski definition) is 4. The molecular weight excluding hydrogens is 304 g/mol. The van der Waals surface area contributed by atoms with E-state index >= 15 is 0 Å². The van der Waals surface area contributed by atoms with E-state index in [1.54, 1.807) is 14.2 Å². The van der Waals surface area contributed by atoms with Gasteiger partial charge in [0.15, 0.2) is 11.5 Å². The number of benzene rings is 1. The molecule has 0 spiro atoms. The smallest absolute Gasteiger partial charge is 0.220 e. The summed E-state index contributed by atoms with van der Waals surface area (Å²) in [7, 11) is 3.20. The van der Waals surface area contributed by atoms with Gasteiger partial charge in [0.1, 0.15) is 0 Å². The monoisotopic (exact) mass is 330 g/mol. The summed E-state index contributed by atoms with van der Waals surface area (Å²) >= 11 is 0. The van der Waals surface area contributed by atoms with Gasteiger partial charge in [-0.1, -0.05) is 25.0 Å². The van der Waals surface area contributed by atoms with E-state index in [9.17, 15) is 4.79 Å². The highest BCUT2D eigenvalue weighted by Crippen LogP contribution is 2.30.